The Balaban J connectivity index is 1.21. The molecule has 1 saturated heterocycles. The molecule has 0 radical (unpaired) electrons. The van der Waals surface area contributed by atoms with Crippen molar-refractivity contribution >= 4 is 0 Å². The van der Waals surface area contributed by atoms with Crippen molar-refractivity contribution in [1.29, 1.82) is 0 Å². The highest BCUT2D eigenvalue weighted by atomic mass is 16.5. The molecule has 3 nitrogen and oxygen atoms in total. The predicted octanol–water partition coefficient (Wildman–Crippen LogP) is 5.28. The highest BCUT2D eigenvalue weighted by Crippen LogP contribution is 2.60. The van der Waals surface area contributed by atoms with Gasteiger partial charge in [0.15, 0.2) is 0 Å². The Bertz CT molecular complexity index is 1080. The van der Waals surface area contributed by atoms with E-state index in [-0.39, 0.29) is 5.41 Å². The second-order valence-electron chi connectivity index (χ2n) is 9.85. The number of aliphatic hydroxyl groups is 1. The summed E-state index contributed by atoms with van der Waals surface area (Å²) < 4.78 is 5.35. The lowest BCUT2D eigenvalue weighted by atomic mass is 9.74. The van der Waals surface area contributed by atoms with Gasteiger partial charge in [0, 0.05) is 17.9 Å². The first-order valence-corrected chi connectivity index (χ1v) is 11.9. The number of piperidine rings is 1. The van der Waals surface area contributed by atoms with Gasteiger partial charge in [-0.1, -0.05) is 60.7 Å². The first-order valence-electron chi connectivity index (χ1n) is 11.9. The highest BCUT2D eigenvalue weighted by Gasteiger charge is 2.53. The van der Waals surface area contributed by atoms with Gasteiger partial charge in [0.2, 0.25) is 0 Å². The van der Waals surface area contributed by atoms with Crippen LogP contribution in [0.2, 0.25) is 0 Å². The van der Waals surface area contributed by atoms with E-state index in [1.807, 2.05) is 24.3 Å². The number of methoxy groups -OCH3 is 1. The van der Waals surface area contributed by atoms with Crippen molar-refractivity contribution in [3.63, 3.8) is 0 Å². The minimum absolute atomic E-state index is 0.121. The molecule has 2 aliphatic carbocycles. The zero-order valence-corrected chi connectivity index (χ0v) is 18.7. The van der Waals surface area contributed by atoms with Crippen LogP contribution in [0.4, 0.5) is 0 Å². The van der Waals surface area contributed by atoms with Crippen molar-refractivity contribution in [2.24, 2.45) is 5.92 Å². The zero-order chi connectivity index (χ0) is 21.7. The van der Waals surface area contributed by atoms with Gasteiger partial charge in [0.25, 0.3) is 0 Å². The first kappa shape index (κ1) is 20.0. The minimum atomic E-state index is -0.422. The van der Waals surface area contributed by atoms with E-state index < -0.39 is 6.10 Å². The molecule has 0 unspecified atom stereocenters. The lowest BCUT2D eigenvalue weighted by molar-refractivity contribution is 0.0539. The van der Waals surface area contributed by atoms with Gasteiger partial charge in [-0.25, -0.2) is 0 Å². The van der Waals surface area contributed by atoms with Crippen LogP contribution in [0.3, 0.4) is 0 Å². The smallest absolute Gasteiger partial charge is 0.119 e. The number of hydrogen-bond donors (Lipinski definition) is 1. The number of aliphatic hydroxyl groups excluding tert-OH is 1. The van der Waals surface area contributed by atoms with Gasteiger partial charge < -0.3 is 14.7 Å². The summed E-state index contributed by atoms with van der Waals surface area (Å²) in [5.74, 6) is 1.66. The number of likely N-dealkylation sites (tertiary alicyclic amines) is 1. The molecule has 1 aliphatic heterocycles. The van der Waals surface area contributed by atoms with Crippen LogP contribution in [0.1, 0.15) is 59.1 Å². The minimum Gasteiger partial charge on any atom is -0.497 e. The third-order valence-corrected chi connectivity index (χ3v) is 8.26. The fourth-order valence-corrected chi connectivity index (χ4v) is 6.72. The second-order valence-corrected chi connectivity index (χ2v) is 9.85. The summed E-state index contributed by atoms with van der Waals surface area (Å²) in [6, 6.07) is 26.1. The van der Waals surface area contributed by atoms with E-state index in [1.165, 1.54) is 17.5 Å². The Morgan fingerprint density at radius 3 is 2.25 bits per heavy atom. The quantitative estimate of drug-likeness (QED) is 0.604. The third-order valence-electron chi connectivity index (χ3n) is 8.26. The van der Waals surface area contributed by atoms with E-state index >= 15 is 0 Å². The fourth-order valence-electron chi connectivity index (χ4n) is 6.72. The topological polar surface area (TPSA) is 32.7 Å². The normalized spacial score (nSPS) is 25.4. The molecular formula is C29H31NO2. The molecule has 3 aromatic rings. The lowest BCUT2D eigenvalue weighted by Crippen LogP contribution is -2.44. The molecule has 6 rings (SSSR count). The average Bonchev–Trinajstić information content (AvgIpc) is 3.36. The molecule has 3 aliphatic rings. The summed E-state index contributed by atoms with van der Waals surface area (Å²) >= 11 is 0. The van der Waals surface area contributed by atoms with Gasteiger partial charge in [-0.3, -0.25) is 0 Å². The summed E-state index contributed by atoms with van der Waals surface area (Å²) in [6.45, 7) is 3.17. The van der Waals surface area contributed by atoms with Crippen LogP contribution in [0.5, 0.6) is 5.75 Å². The van der Waals surface area contributed by atoms with Gasteiger partial charge >= 0.3 is 0 Å². The Morgan fingerprint density at radius 1 is 0.938 bits per heavy atom. The van der Waals surface area contributed by atoms with E-state index in [1.54, 1.807) is 18.2 Å². The van der Waals surface area contributed by atoms with Crippen molar-refractivity contribution in [1.82, 2.24) is 4.90 Å². The average molecular weight is 426 g/mol. The van der Waals surface area contributed by atoms with Crippen LogP contribution in [0.15, 0.2) is 72.8 Å². The predicted molar refractivity (Wildman–Crippen MR) is 127 cm³/mol. The van der Waals surface area contributed by atoms with Crippen molar-refractivity contribution < 1.29 is 9.84 Å². The molecule has 2 bridgehead atoms. The Morgan fingerprint density at radius 2 is 1.59 bits per heavy atom. The van der Waals surface area contributed by atoms with Crippen LogP contribution < -0.4 is 4.74 Å². The maximum atomic E-state index is 11.0. The molecule has 0 aromatic heterocycles. The van der Waals surface area contributed by atoms with Gasteiger partial charge in [-0.15, -0.1) is 0 Å². The van der Waals surface area contributed by atoms with Gasteiger partial charge in [0.1, 0.15) is 5.75 Å². The van der Waals surface area contributed by atoms with E-state index in [9.17, 15) is 5.11 Å². The van der Waals surface area contributed by atoms with Crippen LogP contribution >= 0.6 is 0 Å². The van der Waals surface area contributed by atoms with E-state index in [4.69, 9.17) is 4.74 Å². The summed E-state index contributed by atoms with van der Waals surface area (Å²) in [6.07, 6.45) is 2.84. The Labute approximate surface area is 190 Å². The number of benzene rings is 3. The SMILES string of the molecule is COc1cccc([C@@H](O)C2CCN(CC34CC(c5ccccc53)c3ccccc34)CC2)c1. The molecule has 0 saturated carbocycles. The molecule has 164 valence electrons. The summed E-state index contributed by atoms with van der Waals surface area (Å²) in [7, 11) is 1.68. The Kier molecular flexibility index (Phi) is 4.85. The van der Waals surface area contributed by atoms with Gasteiger partial charge in [-0.05, 0) is 78.2 Å². The molecular weight excluding hydrogens is 394 g/mol. The van der Waals surface area contributed by atoms with Crippen molar-refractivity contribution in [2.45, 2.75) is 36.7 Å². The number of rotatable bonds is 5. The van der Waals surface area contributed by atoms with Crippen LogP contribution in [0, 0.1) is 5.92 Å². The van der Waals surface area contributed by atoms with Crippen LogP contribution in [-0.2, 0) is 5.41 Å². The largest absolute Gasteiger partial charge is 0.497 e. The molecule has 1 atom stereocenters. The maximum absolute atomic E-state index is 11.0. The molecule has 3 aromatic carbocycles. The fraction of sp³-hybridized carbons (Fsp3) is 0.379. The monoisotopic (exact) mass is 425 g/mol. The molecule has 32 heavy (non-hydrogen) atoms. The number of fused-ring (bicyclic) bond motifs is 8. The van der Waals surface area contributed by atoms with Crippen molar-refractivity contribution in [3.8, 4) is 5.75 Å². The third kappa shape index (κ3) is 3.02. The molecule has 1 heterocycles. The second kappa shape index (κ2) is 7.75. The molecule has 1 fully saturated rings. The van der Waals surface area contributed by atoms with E-state index in [2.05, 4.69) is 53.4 Å². The first-order chi connectivity index (χ1) is 15.7. The van der Waals surface area contributed by atoms with Crippen LogP contribution in [-0.4, -0.2) is 36.8 Å². The Hall–Kier alpha value is -2.62. The molecule has 0 amide bonds. The molecule has 0 spiro atoms. The van der Waals surface area contributed by atoms with Crippen molar-refractivity contribution in [2.75, 3.05) is 26.7 Å². The van der Waals surface area contributed by atoms with Gasteiger partial charge in [0.05, 0.1) is 13.2 Å². The van der Waals surface area contributed by atoms with Crippen LogP contribution in [0.25, 0.3) is 0 Å². The standard InChI is InChI=1S/C29H31NO2/c1-32-22-8-6-7-21(17-22)28(31)20-13-15-30(16-14-20)19-29-18-25(23-9-2-4-11-26(23)29)24-10-3-5-12-27(24)29/h2-12,17,20,25,28,31H,13-16,18-19H2,1H3/t25?,28-,29?/m0/s1. The van der Waals surface area contributed by atoms with E-state index in [0.29, 0.717) is 11.8 Å². The van der Waals surface area contributed by atoms with Gasteiger partial charge in [-0.2, -0.15) is 0 Å². The highest BCUT2D eigenvalue weighted by molar-refractivity contribution is 5.62. The summed E-state index contributed by atoms with van der Waals surface area (Å²) in [4.78, 5) is 2.65. The molecule has 3 heteroatoms. The maximum Gasteiger partial charge on any atom is 0.119 e. The summed E-state index contributed by atoms with van der Waals surface area (Å²) in [5.41, 5.74) is 7.25. The van der Waals surface area contributed by atoms with E-state index in [0.717, 1.165) is 43.8 Å². The number of nitrogens with zero attached hydrogens (tertiary/aromatic N) is 1. The molecule has 1 N–H and O–H groups in total. The number of hydrogen-bond acceptors (Lipinski definition) is 3. The summed E-state index contributed by atoms with van der Waals surface area (Å²) in [5, 5.41) is 11.0. The zero-order valence-electron chi connectivity index (χ0n) is 18.7. The lowest BCUT2D eigenvalue weighted by Gasteiger charge is -2.40. The van der Waals surface area contributed by atoms with Crippen molar-refractivity contribution in [3.05, 3.63) is 101 Å². The number of ether oxygens (including phenoxy) is 1.